The van der Waals surface area contributed by atoms with E-state index in [2.05, 4.69) is 16.0 Å². The van der Waals surface area contributed by atoms with Crippen molar-refractivity contribution in [2.45, 2.75) is 6.92 Å². The third-order valence-corrected chi connectivity index (χ3v) is 4.29. The van der Waals surface area contributed by atoms with Crippen molar-refractivity contribution in [2.24, 2.45) is 0 Å². The van der Waals surface area contributed by atoms with E-state index >= 15 is 0 Å². The molecule has 0 unspecified atom stereocenters. The molecule has 0 radical (unpaired) electrons. The highest BCUT2D eigenvalue weighted by Crippen LogP contribution is 2.32. The van der Waals surface area contributed by atoms with Gasteiger partial charge < -0.3 is 9.40 Å². The monoisotopic (exact) mass is 370 g/mol. The molecule has 136 valence electrons. The predicted octanol–water partition coefficient (Wildman–Crippen LogP) is 5.10. The Labute approximate surface area is 159 Å². The van der Waals surface area contributed by atoms with Crippen LogP contribution in [0.15, 0.2) is 59.0 Å². The average molecular weight is 370 g/mol. The number of benzene rings is 2. The molecule has 2 aromatic carbocycles. The molecule has 2 aromatic heterocycles. The molecule has 1 N–H and O–H groups in total. The van der Waals surface area contributed by atoms with Crippen LogP contribution in [-0.2, 0) is 0 Å². The van der Waals surface area contributed by atoms with Gasteiger partial charge in [-0.3, -0.25) is 10.1 Å². The number of hydrogen-bond donors (Lipinski definition) is 1. The minimum Gasteiger partial charge on any atom is -0.456 e. The molecular formula is C21H14N4O3. The Morgan fingerprint density at radius 1 is 1.25 bits per heavy atom. The number of nitrogens with one attached hydrogen (secondary N) is 1. The van der Waals surface area contributed by atoms with Crippen LogP contribution in [0.1, 0.15) is 17.1 Å². The molecule has 0 atom stereocenters. The summed E-state index contributed by atoms with van der Waals surface area (Å²) in [4.78, 5) is 18.4. The van der Waals surface area contributed by atoms with Crippen LogP contribution in [0.5, 0.6) is 0 Å². The van der Waals surface area contributed by atoms with Crippen molar-refractivity contribution in [3.8, 4) is 17.4 Å². The Morgan fingerprint density at radius 2 is 2.07 bits per heavy atom. The first-order chi connectivity index (χ1) is 13.5. The summed E-state index contributed by atoms with van der Waals surface area (Å²) >= 11 is 0. The van der Waals surface area contributed by atoms with Gasteiger partial charge in [0.1, 0.15) is 23.4 Å². The van der Waals surface area contributed by atoms with Crippen molar-refractivity contribution in [1.29, 1.82) is 5.26 Å². The van der Waals surface area contributed by atoms with E-state index in [9.17, 15) is 15.4 Å². The number of furan rings is 1. The number of nitriles is 1. The molecule has 7 nitrogen and oxygen atoms in total. The molecule has 0 spiro atoms. The molecule has 0 amide bonds. The molecular weight excluding hydrogens is 356 g/mol. The quantitative estimate of drug-likeness (QED) is 0.305. The van der Waals surface area contributed by atoms with Crippen molar-refractivity contribution in [1.82, 2.24) is 9.97 Å². The molecule has 0 saturated heterocycles. The Hall–Kier alpha value is -4.18. The number of para-hydroxylation sites is 2. The third kappa shape index (κ3) is 3.15. The fourth-order valence-corrected chi connectivity index (χ4v) is 2.95. The molecule has 0 aliphatic carbocycles. The number of allylic oxidation sites excluding steroid dienone is 1. The van der Waals surface area contributed by atoms with Crippen LogP contribution < -0.4 is 0 Å². The summed E-state index contributed by atoms with van der Waals surface area (Å²) in [6.45, 7) is 1.79. The highest BCUT2D eigenvalue weighted by Gasteiger charge is 2.18. The number of rotatable bonds is 4. The van der Waals surface area contributed by atoms with Crippen LogP contribution in [0.4, 0.5) is 5.69 Å². The first-order valence-corrected chi connectivity index (χ1v) is 8.47. The van der Waals surface area contributed by atoms with Gasteiger partial charge >= 0.3 is 0 Å². The van der Waals surface area contributed by atoms with Gasteiger partial charge in [0.2, 0.25) is 0 Å². The van der Waals surface area contributed by atoms with E-state index in [0.717, 1.165) is 16.6 Å². The maximum atomic E-state index is 11.3. The lowest BCUT2D eigenvalue weighted by Gasteiger charge is -2.01. The summed E-state index contributed by atoms with van der Waals surface area (Å²) in [5.41, 5.74) is 3.04. The standard InChI is InChI=1S/C21H14N4O3/c1-13-6-8-16(19(10-13)25(26)27)20-9-7-15(28-20)11-14(12-22)21-23-17-4-2-3-5-18(17)24-21/h2-11H,1H3,(H,23,24). The number of aryl methyl sites for hydroxylation is 1. The highest BCUT2D eigenvalue weighted by atomic mass is 16.6. The van der Waals surface area contributed by atoms with Gasteiger partial charge in [-0.2, -0.15) is 5.26 Å². The van der Waals surface area contributed by atoms with E-state index < -0.39 is 4.92 Å². The number of aromatic amines is 1. The van der Waals surface area contributed by atoms with Crippen LogP contribution in [0.25, 0.3) is 34.0 Å². The summed E-state index contributed by atoms with van der Waals surface area (Å²) in [5.74, 6) is 1.20. The van der Waals surface area contributed by atoms with Gasteiger partial charge in [0.15, 0.2) is 0 Å². The highest BCUT2D eigenvalue weighted by molar-refractivity contribution is 5.89. The SMILES string of the molecule is Cc1ccc(-c2ccc(C=C(C#N)c3nc4ccccc4[nH]3)o2)c([N+](=O)[O-])c1. The van der Waals surface area contributed by atoms with Crippen molar-refractivity contribution in [3.63, 3.8) is 0 Å². The van der Waals surface area contributed by atoms with Gasteiger partial charge in [0, 0.05) is 12.1 Å². The summed E-state index contributed by atoms with van der Waals surface area (Å²) < 4.78 is 5.75. The van der Waals surface area contributed by atoms with Crippen LogP contribution in [0.2, 0.25) is 0 Å². The number of nitro benzene ring substituents is 1. The Morgan fingerprint density at radius 3 is 2.82 bits per heavy atom. The average Bonchev–Trinajstić information content (AvgIpc) is 3.32. The van der Waals surface area contributed by atoms with E-state index in [1.807, 2.05) is 24.3 Å². The fraction of sp³-hybridized carbons (Fsp3) is 0.0476. The summed E-state index contributed by atoms with van der Waals surface area (Å²) in [5, 5.41) is 20.9. The minimum absolute atomic E-state index is 0.0253. The third-order valence-electron chi connectivity index (χ3n) is 4.29. The Balaban J connectivity index is 1.73. The number of hydrogen-bond acceptors (Lipinski definition) is 5. The van der Waals surface area contributed by atoms with Crippen LogP contribution >= 0.6 is 0 Å². The van der Waals surface area contributed by atoms with E-state index in [1.54, 1.807) is 37.3 Å². The number of fused-ring (bicyclic) bond motifs is 1. The summed E-state index contributed by atoms with van der Waals surface area (Å²) in [6.07, 6.45) is 1.56. The Kier molecular flexibility index (Phi) is 4.22. The molecule has 0 aliphatic heterocycles. The van der Waals surface area contributed by atoms with Crippen molar-refractivity contribution in [3.05, 3.63) is 81.9 Å². The second-order valence-corrected chi connectivity index (χ2v) is 6.25. The first kappa shape index (κ1) is 17.2. The lowest BCUT2D eigenvalue weighted by Crippen LogP contribution is -1.92. The van der Waals surface area contributed by atoms with Crippen LogP contribution in [0.3, 0.4) is 0 Å². The smallest absolute Gasteiger partial charge is 0.280 e. The number of nitrogens with zero attached hydrogens (tertiary/aromatic N) is 3. The van der Waals surface area contributed by atoms with Gasteiger partial charge in [0.25, 0.3) is 5.69 Å². The topological polar surface area (TPSA) is 109 Å². The molecule has 0 fully saturated rings. The molecule has 0 bridgehead atoms. The van der Waals surface area contributed by atoms with Gasteiger partial charge in [-0.1, -0.05) is 18.2 Å². The Bertz CT molecular complexity index is 1240. The zero-order valence-electron chi connectivity index (χ0n) is 14.8. The fourth-order valence-electron chi connectivity index (χ4n) is 2.95. The number of imidazole rings is 1. The van der Waals surface area contributed by atoms with Gasteiger partial charge in [-0.25, -0.2) is 4.98 Å². The lowest BCUT2D eigenvalue weighted by molar-refractivity contribution is -0.384. The minimum atomic E-state index is -0.435. The lowest BCUT2D eigenvalue weighted by atomic mass is 10.1. The summed E-state index contributed by atoms with van der Waals surface area (Å²) in [6, 6.07) is 17.9. The van der Waals surface area contributed by atoms with Gasteiger partial charge in [-0.15, -0.1) is 0 Å². The van der Waals surface area contributed by atoms with E-state index in [-0.39, 0.29) is 5.69 Å². The molecule has 0 aliphatic rings. The van der Waals surface area contributed by atoms with Gasteiger partial charge in [0.05, 0.1) is 27.1 Å². The largest absolute Gasteiger partial charge is 0.456 e. The molecule has 28 heavy (non-hydrogen) atoms. The molecule has 4 rings (SSSR count). The molecule has 0 saturated carbocycles. The van der Waals surface area contributed by atoms with E-state index in [0.29, 0.717) is 28.5 Å². The summed E-state index contributed by atoms with van der Waals surface area (Å²) in [7, 11) is 0. The predicted molar refractivity (Wildman–Crippen MR) is 105 cm³/mol. The van der Waals surface area contributed by atoms with Crippen LogP contribution in [0, 0.1) is 28.4 Å². The number of aromatic nitrogens is 2. The maximum absolute atomic E-state index is 11.3. The zero-order valence-corrected chi connectivity index (χ0v) is 14.8. The number of H-pyrrole nitrogens is 1. The van der Waals surface area contributed by atoms with Gasteiger partial charge in [-0.05, 0) is 42.8 Å². The second kappa shape index (κ2) is 6.85. The van der Waals surface area contributed by atoms with E-state index in [1.165, 1.54) is 6.07 Å². The zero-order chi connectivity index (χ0) is 19.7. The van der Waals surface area contributed by atoms with Crippen molar-refractivity contribution >= 4 is 28.4 Å². The normalized spacial score (nSPS) is 11.5. The van der Waals surface area contributed by atoms with Crippen LogP contribution in [-0.4, -0.2) is 14.9 Å². The molecule has 4 aromatic rings. The van der Waals surface area contributed by atoms with Crippen molar-refractivity contribution < 1.29 is 9.34 Å². The first-order valence-electron chi connectivity index (χ1n) is 8.47. The van der Waals surface area contributed by atoms with Crippen molar-refractivity contribution in [2.75, 3.05) is 0 Å². The second-order valence-electron chi connectivity index (χ2n) is 6.25. The maximum Gasteiger partial charge on any atom is 0.280 e. The molecule has 2 heterocycles. The van der Waals surface area contributed by atoms with E-state index in [4.69, 9.17) is 4.42 Å². The number of nitro groups is 1. The molecule has 7 heteroatoms.